The number of hydrogen-bond acceptors (Lipinski definition) is 10. The molecule has 0 aromatic rings. The van der Waals surface area contributed by atoms with Crippen molar-refractivity contribution in [2.45, 2.75) is 243 Å². The lowest BCUT2D eigenvalue weighted by molar-refractivity contribution is -0.305. The fourth-order valence-electron chi connectivity index (χ4n) is 7.39. The Morgan fingerprint density at radius 3 is 1.79 bits per heavy atom. The summed E-state index contributed by atoms with van der Waals surface area (Å²) in [5.41, 5.74) is 0. The largest absolute Gasteiger partial charge is 0.454 e. The number of allylic oxidation sites excluding steroid dienone is 9. The molecule has 1 amide bonds. The Morgan fingerprint density at radius 2 is 1.17 bits per heavy atom. The Bertz CT molecular complexity index is 1250. The van der Waals surface area contributed by atoms with E-state index in [0.717, 1.165) is 89.9 Å². The van der Waals surface area contributed by atoms with Crippen molar-refractivity contribution in [3.05, 3.63) is 60.8 Å². The van der Waals surface area contributed by atoms with Crippen LogP contribution in [0.5, 0.6) is 0 Å². The van der Waals surface area contributed by atoms with Crippen molar-refractivity contribution < 1.29 is 49.3 Å². The Hall–Kier alpha value is -2.64. The molecule has 1 aliphatic heterocycles. The van der Waals surface area contributed by atoms with Crippen LogP contribution in [-0.4, -0.2) is 99.6 Å². The molecule has 0 bridgehead atoms. The minimum absolute atomic E-state index is 0.108. The maximum absolute atomic E-state index is 13.3. The van der Waals surface area contributed by atoms with Crippen LogP contribution in [0.1, 0.15) is 194 Å². The molecular formula is C52H91NO10. The number of ether oxygens (including phenoxy) is 3. The second kappa shape index (κ2) is 40.8. The number of aliphatic hydroxyl groups excluding tert-OH is 5. The average Bonchev–Trinajstić information content (AvgIpc) is 3.28. The molecule has 0 aromatic heterocycles. The van der Waals surface area contributed by atoms with Gasteiger partial charge in [-0.2, -0.15) is 0 Å². The van der Waals surface area contributed by atoms with Gasteiger partial charge in [0.25, 0.3) is 0 Å². The summed E-state index contributed by atoms with van der Waals surface area (Å²) in [7, 11) is 0. The van der Waals surface area contributed by atoms with Crippen molar-refractivity contribution in [1.29, 1.82) is 0 Å². The molecule has 8 atom stereocenters. The molecule has 6 N–H and O–H groups in total. The van der Waals surface area contributed by atoms with E-state index in [1.54, 1.807) is 6.08 Å². The highest BCUT2D eigenvalue weighted by atomic mass is 16.7. The smallest absolute Gasteiger partial charge is 0.306 e. The fraction of sp³-hybridized carbons (Fsp3) is 0.769. The van der Waals surface area contributed by atoms with Crippen LogP contribution in [0, 0.1) is 0 Å². The van der Waals surface area contributed by atoms with E-state index in [9.17, 15) is 35.1 Å². The molecule has 0 aliphatic carbocycles. The number of nitrogens with one attached hydrogen (secondary N) is 1. The molecule has 0 radical (unpaired) electrons. The molecule has 364 valence electrons. The second-order valence-electron chi connectivity index (χ2n) is 17.2. The molecule has 63 heavy (non-hydrogen) atoms. The van der Waals surface area contributed by atoms with E-state index >= 15 is 0 Å². The standard InChI is InChI=1S/C52H91NO10/c1-4-7-10-13-16-19-22-25-27-30-33-36-39-45(56)51(60)53-43(44(55)38-35-32-29-26-23-20-17-14-11-8-5-2)42-61-52-50(49(59)48(58)46(41-54)62-52)63-47(57)40-37-34-31-28-24-21-18-15-12-9-6-3/h7,10,13,15-16,18-19,22,35,38,43-46,48-50,52,54-56,58-59H,4-6,8-9,11-12,14,17,20-21,23-34,36-37,39-42H2,1-3H3,(H,53,60)/b10-7+,16-13+,18-15-,22-19-,38-35+. The van der Waals surface area contributed by atoms with Crippen LogP contribution in [-0.2, 0) is 23.8 Å². The lowest BCUT2D eigenvalue weighted by Crippen LogP contribution is -2.61. The zero-order valence-electron chi connectivity index (χ0n) is 39.7. The molecule has 1 rings (SSSR count). The molecular weight excluding hydrogens is 799 g/mol. The predicted molar refractivity (Wildman–Crippen MR) is 255 cm³/mol. The molecule has 11 nitrogen and oxygen atoms in total. The minimum atomic E-state index is -1.62. The summed E-state index contributed by atoms with van der Waals surface area (Å²) < 4.78 is 17.4. The van der Waals surface area contributed by atoms with Crippen LogP contribution >= 0.6 is 0 Å². The summed E-state index contributed by atoms with van der Waals surface area (Å²) in [6.07, 6.45) is 37.1. The Morgan fingerprint density at radius 1 is 0.635 bits per heavy atom. The summed E-state index contributed by atoms with van der Waals surface area (Å²) >= 11 is 0. The van der Waals surface area contributed by atoms with Gasteiger partial charge in [-0.25, -0.2) is 0 Å². The maximum atomic E-state index is 13.3. The third kappa shape index (κ3) is 30.2. The van der Waals surface area contributed by atoms with Crippen molar-refractivity contribution in [2.75, 3.05) is 13.2 Å². The predicted octanol–water partition coefficient (Wildman–Crippen LogP) is 9.93. The van der Waals surface area contributed by atoms with Gasteiger partial charge in [-0.15, -0.1) is 0 Å². The first kappa shape index (κ1) is 58.4. The van der Waals surface area contributed by atoms with Gasteiger partial charge < -0.3 is 45.1 Å². The topological polar surface area (TPSA) is 175 Å². The molecule has 0 saturated carbocycles. The van der Waals surface area contributed by atoms with Crippen molar-refractivity contribution in [3.63, 3.8) is 0 Å². The van der Waals surface area contributed by atoms with Crippen LogP contribution in [0.2, 0.25) is 0 Å². The molecule has 0 aromatic carbocycles. The lowest BCUT2D eigenvalue weighted by Gasteiger charge is -2.41. The first-order valence-electron chi connectivity index (χ1n) is 25.1. The van der Waals surface area contributed by atoms with E-state index in [0.29, 0.717) is 12.8 Å². The number of amides is 1. The molecule has 1 fully saturated rings. The first-order chi connectivity index (χ1) is 30.7. The third-order valence-electron chi connectivity index (χ3n) is 11.5. The summed E-state index contributed by atoms with van der Waals surface area (Å²) in [6.45, 7) is 5.53. The average molecular weight is 890 g/mol. The van der Waals surface area contributed by atoms with Crippen LogP contribution < -0.4 is 5.32 Å². The highest BCUT2D eigenvalue weighted by Gasteiger charge is 2.47. The number of hydrogen-bond donors (Lipinski definition) is 6. The van der Waals surface area contributed by atoms with Crippen molar-refractivity contribution in [3.8, 4) is 0 Å². The van der Waals surface area contributed by atoms with Crippen LogP contribution in [0.3, 0.4) is 0 Å². The number of rotatable bonds is 40. The fourth-order valence-corrected chi connectivity index (χ4v) is 7.39. The highest BCUT2D eigenvalue weighted by molar-refractivity contribution is 5.80. The monoisotopic (exact) mass is 890 g/mol. The first-order valence-corrected chi connectivity index (χ1v) is 25.1. The number of carbonyl (C=O) groups is 2. The Balaban J connectivity index is 2.83. The van der Waals surface area contributed by atoms with E-state index < -0.39 is 67.4 Å². The van der Waals surface area contributed by atoms with E-state index in [1.807, 2.05) is 30.4 Å². The van der Waals surface area contributed by atoms with Crippen molar-refractivity contribution >= 4 is 11.9 Å². The van der Waals surface area contributed by atoms with Gasteiger partial charge in [0, 0.05) is 6.42 Å². The van der Waals surface area contributed by atoms with Crippen molar-refractivity contribution in [1.82, 2.24) is 5.32 Å². The molecule has 8 unspecified atom stereocenters. The molecule has 1 saturated heterocycles. The summed E-state index contributed by atoms with van der Waals surface area (Å²) in [5.74, 6) is -1.23. The van der Waals surface area contributed by atoms with Gasteiger partial charge in [-0.1, -0.05) is 184 Å². The van der Waals surface area contributed by atoms with Gasteiger partial charge in [0.2, 0.25) is 5.91 Å². The highest BCUT2D eigenvalue weighted by Crippen LogP contribution is 2.26. The molecule has 11 heteroatoms. The zero-order valence-corrected chi connectivity index (χ0v) is 39.7. The van der Waals surface area contributed by atoms with Crippen LogP contribution in [0.25, 0.3) is 0 Å². The van der Waals surface area contributed by atoms with Gasteiger partial charge in [0.1, 0.15) is 24.4 Å². The molecule has 0 spiro atoms. The second-order valence-corrected chi connectivity index (χ2v) is 17.2. The summed E-state index contributed by atoms with van der Waals surface area (Å²) in [5, 5.41) is 56.4. The molecule has 1 aliphatic rings. The number of carbonyl (C=O) groups excluding carboxylic acids is 2. The number of aliphatic hydroxyl groups is 5. The SMILES string of the molecule is CC/C=C/C=C/C=C\CCCCCCC(O)C(=O)NC(COC1OC(CO)C(O)C(O)C1OC(=O)CCCCCCC/C=C\CCCC)C(O)/C=C/CCCCCCCCCCC. The van der Waals surface area contributed by atoms with Crippen LogP contribution in [0.15, 0.2) is 60.8 Å². The zero-order chi connectivity index (χ0) is 46.2. The molecule has 1 heterocycles. The lowest BCUT2D eigenvalue weighted by atomic mass is 9.99. The van der Waals surface area contributed by atoms with E-state index in [-0.39, 0.29) is 19.4 Å². The third-order valence-corrected chi connectivity index (χ3v) is 11.5. The Labute approximate surface area is 382 Å². The summed E-state index contributed by atoms with van der Waals surface area (Å²) in [4.78, 5) is 26.2. The van der Waals surface area contributed by atoms with Gasteiger partial charge in [0.05, 0.1) is 25.4 Å². The minimum Gasteiger partial charge on any atom is -0.454 e. The van der Waals surface area contributed by atoms with Gasteiger partial charge in [-0.05, 0) is 64.2 Å². The maximum Gasteiger partial charge on any atom is 0.306 e. The van der Waals surface area contributed by atoms with E-state index in [1.165, 1.54) is 57.8 Å². The number of esters is 1. The normalized spacial score (nSPS) is 21.0. The van der Waals surface area contributed by atoms with Gasteiger partial charge in [-0.3, -0.25) is 9.59 Å². The summed E-state index contributed by atoms with van der Waals surface area (Å²) in [6, 6.07) is -1.03. The van der Waals surface area contributed by atoms with Gasteiger partial charge in [0.15, 0.2) is 12.4 Å². The van der Waals surface area contributed by atoms with E-state index in [4.69, 9.17) is 14.2 Å². The van der Waals surface area contributed by atoms with Crippen LogP contribution in [0.4, 0.5) is 0 Å². The quantitative estimate of drug-likeness (QED) is 0.0150. The van der Waals surface area contributed by atoms with E-state index in [2.05, 4.69) is 50.4 Å². The number of unbranched alkanes of at least 4 members (excludes halogenated alkanes) is 20. The van der Waals surface area contributed by atoms with Crippen molar-refractivity contribution in [2.24, 2.45) is 0 Å². The Kier molecular flexibility index (Phi) is 37.8. The van der Waals surface area contributed by atoms with Gasteiger partial charge >= 0.3 is 5.97 Å².